The summed E-state index contributed by atoms with van der Waals surface area (Å²) in [6.45, 7) is 0. The van der Waals surface area contributed by atoms with Gasteiger partial charge in [0.1, 0.15) is 21.0 Å². The molecule has 0 aliphatic carbocycles. The third kappa shape index (κ3) is 4.93. The molecule has 198 valence electrons. The van der Waals surface area contributed by atoms with Crippen LogP contribution in [0.1, 0.15) is 43.2 Å². The first-order chi connectivity index (χ1) is 17.6. The van der Waals surface area contributed by atoms with Crippen LogP contribution in [-0.2, 0) is 12.4 Å². The van der Waals surface area contributed by atoms with E-state index in [0.29, 0.717) is 12.1 Å². The number of rotatable bonds is 5. The van der Waals surface area contributed by atoms with Crippen LogP contribution in [0.2, 0.25) is 20.4 Å². The molecule has 0 saturated carbocycles. The monoisotopic (exact) mass is 612 g/mol. The molecule has 0 spiro atoms. The van der Waals surface area contributed by atoms with E-state index in [2.05, 4.69) is 4.98 Å². The molecule has 0 amide bonds. The van der Waals surface area contributed by atoms with Crippen molar-refractivity contribution in [2.45, 2.75) is 12.4 Å². The average molecular weight is 614 g/mol. The van der Waals surface area contributed by atoms with Gasteiger partial charge < -0.3 is 4.98 Å². The summed E-state index contributed by atoms with van der Waals surface area (Å²) in [7, 11) is 0. The minimum absolute atomic E-state index is 0.318. The maximum atomic E-state index is 13.6. The second-order valence-corrected chi connectivity index (χ2v) is 9.25. The van der Waals surface area contributed by atoms with E-state index in [1.807, 2.05) is 0 Å². The summed E-state index contributed by atoms with van der Waals surface area (Å²) in [6, 6.07) is 8.68. The second kappa shape index (κ2) is 10.00. The fraction of sp³-hybridized carbons (Fsp3) is 0.0833. The summed E-state index contributed by atoms with van der Waals surface area (Å²) >= 11 is 24.7. The topological polar surface area (TPSA) is 54.9 Å². The van der Waals surface area contributed by atoms with Crippen LogP contribution in [0, 0.1) is 0 Å². The van der Waals surface area contributed by atoms with Crippen molar-refractivity contribution in [1.82, 2.24) is 9.55 Å². The summed E-state index contributed by atoms with van der Waals surface area (Å²) in [5.41, 5.74) is -5.77. The van der Waals surface area contributed by atoms with Crippen LogP contribution in [0.5, 0.6) is 0 Å². The van der Waals surface area contributed by atoms with Crippen molar-refractivity contribution in [1.29, 1.82) is 0 Å². The van der Waals surface area contributed by atoms with Crippen LogP contribution in [0.3, 0.4) is 0 Å². The van der Waals surface area contributed by atoms with E-state index in [9.17, 15) is 35.9 Å². The fourth-order valence-corrected chi connectivity index (χ4v) is 4.61. The molecular weight excluding hydrogens is 604 g/mol. The number of halogens is 10. The number of hydrogen-bond donors (Lipinski definition) is 1. The average Bonchev–Trinajstić information content (AvgIpc) is 3.31. The first-order valence-electron chi connectivity index (χ1n) is 10.2. The van der Waals surface area contributed by atoms with Crippen molar-refractivity contribution >= 4 is 58.0 Å². The molecule has 2 aromatic carbocycles. The largest absolute Gasteiger partial charge is 0.417 e. The van der Waals surface area contributed by atoms with Crippen LogP contribution in [0.15, 0.2) is 54.6 Å². The van der Waals surface area contributed by atoms with Crippen LogP contribution in [-0.4, -0.2) is 21.1 Å². The van der Waals surface area contributed by atoms with Crippen molar-refractivity contribution in [2.24, 2.45) is 0 Å². The Morgan fingerprint density at radius 3 is 1.71 bits per heavy atom. The lowest BCUT2D eigenvalue weighted by Gasteiger charge is -2.15. The Morgan fingerprint density at radius 2 is 1.21 bits per heavy atom. The van der Waals surface area contributed by atoms with E-state index in [0.717, 1.165) is 34.9 Å². The number of nitrogens with one attached hydrogen (secondary N) is 1. The number of nitrogens with zero attached hydrogens (tertiary/aromatic N) is 1. The molecule has 0 aliphatic heterocycles. The molecule has 4 aromatic rings. The fourth-order valence-electron chi connectivity index (χ4n) is 3.78. The Labute approximate surface area is 229 Å². The van der Waals surface area contributed by atoms with E-state index in [4.69, 9.17) is 46.4 Å². The Kier molecular flexibility index (Phi) is 7.39. The SMILES string of the molecule is O=C(c1ccccc1C(F)(F)F)c1[nH]c(Cl)c(Cl)c1-n1c(C(=O)c2ccccc2C(F)(F)F)cc(Cl)c1Cl. The molecule has 4 rings (SSSR count). The maximum Gasteiger partial charge on any atom is 0.417 e. The number of carbonyl (C=O) groups excluding carboxylic acids is 2. The van der Waals surface area contributed by atoms with Gasteiger partial charge in [0.15, 0.2) is 0 Å². The Balaban J connectivity index is 1.97. The zero-order valence-corrected chi connectivity index (χ0v) is 21.3. The molecule has 0 bridgehead atoms. The quantitative estimate of drug-likeness (QED) is 0.180. The van der Waals surface area contributed by atoms with E-state index in [1.54, 1.807) is 0 Å². The van der Waals surface area contributed by atoms with Crippen molar-refractivity contribution in [3.63, 3.8) is 0 Å². The first-order valence-corrected chi connectivity index (χ1v) is 11.7. The van der Waals surface area contributed by atoms with E-state index < -0.39 is 78.6 Å². The molecule has 0 atom stereocenters. The first kappa shape index (κ1) is 28.1. The van der Waals surface area contributed by atoms with Crippen molar-refractivity contribution < 1.29 is 35.9 Å². The molecule has 0 radical (unpaired) electrons. The van der Waals surface area contributed by atoms with Gasteiger partial charge in [-0.1, -0.05) is 82.8 Å². The van der Waals surface area contributed by atoms with Crippen LogP contribution >= 0.6 is 46.4 Å². The predicted octanol–water partition coefficient (Wildman–Crippen LogP) is 8.92. The number of aromatic amines is 1. The molecular formula is C24H10Cl4F6N2O2. The number of ketones is 2. The summed E-state index contributed by atoms with van der Waals surface area (Å²) in [6.07, 6.45) is -9.82. The highest BCUT2D eigenvalue weighted by atomic mass is 35.5. The Morgan fingerprint density at radius 1 is 0.737 bits per heavy atom. The van der Waals surface area contributed by atoms with Gasteiger partial charge in [-0.3, -0.25) is 14.2 Å². The smallest absolute Gasteiger partial charge is 0.340 e. The number of carbonyl (C=O) groups is 2. The highest BCUT2D eigenvalue weighted by Gasteiger charge is 2.38. The molecule has 2 heterocycles. The predicted molar refractivity (Wildman–Crippen MR) is 130 cm³/mol. The second-order valence-electron chi connectivity index (χ2n) is 7.73. The summed E-state index contributed by atoms with van der Waals surface area (Å²) < 4.78 is 82.3. The van der Waals surface area contributed by atoms with E-state index in [1.165, 1.54) is 12.1 Å². The molecule has 2 aromatic heterocycles. The molecule has 14 heteroatoms. The number of benzene rings is 2. The van der Waals surface area contributed by atoms with Gasteiger partial charge in [0.05, 0.1) is 27.5 Å². The molecule has 4 nitrogen and oxygen atoms in total. The van der Waals surface area contributed by atoms with Crippen LogP contribution in [0.25, 0.3) is 5.69 Å². The van der Waals surface area contributed by atoms with Gasteiger partial charge in [0.25, 0.3) is 0 Å². The molecule has 38 heavy (non-hydrogen) atoms. The highest BCUT2D eigenvalue weighted by Crippen LogP contribution is 2.41. The van der Waals surface area contributed by atoms with Gasteiger partial charge in [-0.2, -0.15) is 26.3 Å². The molecule has 0 aliphatic rings. The minimum Gasteiger partial charge on any atom is -0.340 e. The normalized spacial score (nSPS) is 12.2. The van der Waals surface area contributed by atoms with Crippen molar-refractivity contribution in [3.05, 3.63) is 109 Å². The Bertz CT molecular complexity index is 1470. The molecule has 0 saturated heterocycles. The lowest BCUT2D eigenvalue weighted by Crippen LogP contribution is -2.18. The summed E-state index contributed by atoms with van der Waals surface area (Å²) in [5, 5.41) is -1.64. The standard InChI is InChI=1S/C24H10Cl4F6N2O2/c25-14-9-15(19(37)10-5-1-3-7-12(10)23(29,30)31)36(22(14)28)18-16(26)21(27)35-17(18)20(38)11-6-2-4-8-13(11)24(32,33)34/h1-9,35H. The van der Waals surface area contributed by atoms with Gasteiger partial charge in [0, 0.05) is 11.1 Å². The summed E-state index contributed by atoms with van der Waals surface area (Å²) in [4.78, 5) is 29.1. The maximum absolute atomic E-state index is 13.6. The molecule has 0 fully saturated rings. The number of H-pyrrole nitrogens is 1. The van der Waals surface area contributed by atoms with Crippen molar-refractivity contribution in [2.75, 3.05) is 0 Å². The number of aromatic nitrogens is 2. The Hall–Kier alpha value is -2.92. The lowest BCUT2D eigenvalue weighted by molar-refractivity contribution is -0.138. The zero-order chi connectivity index (χ0) is 28.2. The number of hydrogen-bond acceptors (Lipinski definition) is 2. The summed E-state index contributed by atoms with van der Waals surface area (Å²) in [5.74, 6) is -2.45. The van der Waals surface area contributed by atoms with E-state index in [-0.39, 0.29) is 5.02 Å². The van der Waals surface area contributed by atoms with Crippen LogP contribution in [0.4, 0.5) is 26.3 Å². The number of alkyl halides is 6. The van der Waals surface area contributed by atoms with E-state index >= 15 is 0 Å². The third-order valence-corrected chi connectivity index (χ3v) is 6.91. The van der Waals surface area contributed by atoms with Gasteiger partial charge in [-0.25, -0.2) is 0 Å². The van der Waals surface area contributed by atoms with Crippen LogP contribution < -0.4 is 0 Å². The van der Waals surface area contributed by atoms with Gasteiger partial charge >= 0.3 is 12.4 Å². The van der Waals surface area contributed by atoms with Gasteiger partial charge in [-0.05, 0) is 18.2 Å². The minimum atomic E-state index is -4.91. The van der Waals surface area contributed by atoms with Gasteiger partial charge in [0.2, 0.25) is 11.6 Å². The molecule has 0 unspecified atom stereocenters. The zero-order valence-electron chi connectivity index (χ0n) is 18.2. The van der Waals surface area contributed by atoms with Crippen molar-refractivity contribution in [3.8, 4) is 5.69 Å². The third-order valence-electron chi connectivity index (χ3n) is 5.41. The van der Waals surface area contributed by atoms with Gasteiger partial charge in [-0.15, -0.1) is 0 Å². The highest BCUT2D eigenvalue weighted by molar-refractivity contribution is 6.45. The lowest BCUT2D eigenvalue weighted by atomic mass is 10.00. The molecule has 1 N–H and O–H groups in total.